The summed E-state index contributed by atoms with van der Waals surface area (Å²) in [7, 11) is -3.74. The largest absolute Gasteiger partial charge is 0.352 e. The van der Waals surface area contributed by atoms with Crippen molar-refractivity contribution >= 4 is 15.9 Å². The van der Waals surface area contributed by atoms with Gasteiger partial charge in [-0.2, -0.15) is 4.31 Å². The van der Waals surface area contributed by atoms with Gasteiger partial charge in [-0.3, -0.25) is 4.79 Å². The zero-order valence-electron chi connectivity index (χ0n) is 15.1. The van der Waals surface area contributed by atoms with E-state index in [-0.39, 0.29) is 23.4 Å². The van der Waals surface area contributed by atoms with Crippen LogP contribution in [0, 0.1) is 11.7 Å². The van der Waals surface area contributed by atoms with Crippen LogP contribution in [0.25, 0.3) is 0 Å². The fourth-order valence-corrected chi connectivity index (χ4v) is 4.77. The number of rotatable bonds is 6. The third-order valence-electron chi connectivity index (χ3n) is 4.64. The van der Waals surface area contributed by atoms with E-state index in [1.807, 2.05) is 17.7 Å². The molecule has 0 radical (unpaired) electrons. The van der Waals surface area contributed by atoms with Crippen LogP contribution in [-0.4, -0.2) is 47.3 Å². The van der Waals surface area contributed by atoms with Gasteiger partial charge in [-0.25, -0.2) is 17.8 Å². The average molecular weight is 394 g/mol. The molecule has 0 aliphatic carbocycles. The predicted molar refractivity (Wildman–Crippen MR) is 97.7 cm³/mol. The number of piperidine rings is 1. The van der Waals surface area contributed by atoms with Crippen LogP contribution in [-0.2, 0) is 21.4 Å². The minimum Gasteiger partial charge on any atom is -0.352 e. The van der Waals surface area contributed by atoms with E-state index in [0.717, 1.165) is 12.1 Å². The van der Waals surface area contributed by atoms with Crippen LogP contribution >= 0.6 is 0 Å². The normalized spacial score (nSPS) is 19.6. The van der Waals surface area contributed by atoms with Gasteiger partial charge in [0.25, 0.3) is 0 Å². The van der Waals surface area contributed by atoms with Gasteiger partial charge in [0.15, 0.2) is 0 Å². The van der Waals surface area contributed by atoms with Crippen LogP contribution in [0.4, 0.5) is 4.39 Å². The molecule has 0 unspecified atom stereocenters. The van der Waals surface area contributed by atoms with Crippen molar-refractivity contribution < 1.29 is 17.6 Å². The summed E-state index contributed by atoms with van der Waals surface area (Å²) in [5, 5.41) is 2.95. The first-order valence-electron chi connectivity index (χ1n) is 8.88. The summed E-state index contributed by atoms with van der Waals surface area (Å²) < 4.78 is 41.8. The van der Waals surface area contributed by atoms with E-state index < -0.39 is 21.8 Å². The zero-order valence-corrected chi connectivity index (χ0v) is 15.9. The van der Waals surface area contributed by atoms with Crippen LogP contribution in [0.15, 0.2) is 47.9 Å². The van der Waals surface area contributed by atoms with Crippen LogP contribution < -0.4 is 5.32 Å². The summed E-state index contributed by atoms with van der Waals surface area (Å²) in [5.41, 5.74) is 0. The Bertz CT molecular complexity index is 869. The molecule has 0 bridgehead atoms. The van der Waals surface area contributed by atoms with Crippen LogP contribution in [0.2, 0.25) is 0 Å². The summed E-state index contributed by atoms with van der Waals surface area (Å²) in [6.07, 6.45) is 6.42. The molecule has 27 heavy (non-hydrogen) atoms. The second-order valence-corrected chi connectivity index (χ2v) is 8.76. The number of carbonyl (C=O) groups is 1. The number of amides is 1. The topological polar surface area (TPSA) is 84.3 Å². The number of carbonyl (C=O) groups excluding carboxylic acids is 1. The first kappa shape index (κ1) is 19.5. The van der Waals surface area contributed by atoms with Crippen LogP contribution in [0.1, 0.15) is 19.8 Å². The number of nitrogens with one attached hydrogen (secondary N) is 1. The number of nitrogens with zero attached hydrogens (tertiary/aromatic N) is 3. The Hall–Kier alpha value is -2.26. The number of imidazole rings is 1. The number of benzene rings is 1. The third-order valence-corrected chi connectivity index (χ3v) is 6.52. The molecular weight excluding hydrogens is 371 g/mol. The van der Waals surface area contributed by atoms with Gasteiger partial charge in [0, 0.05) is 38.1 Å². The van der Waals surface area contributed by atoms with Crippen molar-refractivity contribution in [2.24, 2.45) is 5.92 Å². The van der Waals surface area contributed by atoms with E-state index in [1.165, 1.54) is 16.4 Å². The molecule has 1 aliphatic heterocycles. The molecule has 1 aromatic heterocycles. The molecule has 3 rings (SSSR count). The highest BCUT2D eigenvalue weighted by atomic mass is 32.2. The molecule has 1 fully saturated rings. The van der Waals surface area contributed by atoms with E-state index >= 15 is 0 Å². The van der Waals surface area contributed by atoms with Gasteiger partial charge in [0.1, 0.15) is 5.82 Å². The lowest BCUT2D eigenvalue weighted by Crippen LogP contribution is -2.47. The van der Waals surface area contributed by atoms with Gasteiger partial charge < -0.3 is 9.88 Å². The van der Waals surface area contributed by atoms with Crippen molar-refractivity contribution in [2.75, 3.05) is 13.1 Å². The maximum atomic E-state index is 13.1. The van der Waals surface area contributed by atoms with Crippen molar-refractivity contribution in [1.29, 1.82) is 0 Å². The smallest absolute Gasteiger partial charge is 0.243 e. The monoisotopic (exact) mass is 394 g/mol. The first-order valence-corrected chi connectivity index (χ1v) is 10.3. The van der Waals surface area contributed by atoms with Crippen LogP contribution in [0.5, 0.6) is 0 Å². The third kappa shape index (κ3) is 4.72. The lowest BCUT2D eigenvalue weighted by molar-refractivity contribution is -0.126. The molecule has 2 heterocycles. The lowest BCUT2D eigenvalue weighted by atomic mass is 9.98. The number of aromatic nitrogens is 2. The molecule has 7 nitrogen and oxygen atoms in total. The second kappa shape index (κ2) is 8.18. The molecule has 1 aliphatic rings. The summed E-state index contributed by atoms with van der Waals surface area (Å²) in [5.74, 6) is -1.04. The fourth-order valence-electron chi connectivity index (χ4n) is 3.25. The van der Waals surface area contributed by atoms with Gasteiger partial charge in [-0.05, 0) is 44.0 Å². The lowest BCUT2D eigenvalue weighted by Gasteiger charge is -2.31. The number of hydrogen-bond donors (Lipinski definition) is 1. The first-order chi connectivity index (χ1) is 12.9. The molecule has 146 valence electrons. The summed E-state index contributed by atoms with van der Waals surface area (Å²) >= 11 is 0. The van der Waals surface area contributed by atoms with Crippen molar-refractivity contribution in [1.82, 2.24) is 19.2 Å². The van der Waals surface area contributed by atoms with Crippen molar-refractivity contribution in [3.8, 4) is 0 Å². The maximum absolute atomic E-state index is 13.1. The van der Waals surface area contributed by atoms with Crippen LogP contribution in [0.3, 0.4) is 0 Å². The SMILES string of the molecule is C[C@H](Cn1ccnc1)NC(=O)[C@@H]1CCCN(S(=O)(=O)c2ccc(F)cc2)C1. The van der Waals surface area contributed by atoms with Gasteiger partial charge in [-0.1, -0.05) is 0 Å². The quantitative estimate of drug-likeness (QED) is 0.807. The summed E-state index contributed by atoms with van der Waals surface area (Å²) in [6, 6.07) is 4.65. The Balaban J connectivity index is 1.62. The van der Waals surface area contributed by atoms with Gasteiger partial charge in [-0.15, -0.1) is 0 Å². The van der Waals surface area contributed by atoms with E-state index in [9.17, 15) is 17.6 Å². The molecule has 1 N–H and O–H groups in total. The molecule has 2 aromatic rings. The van der Waals surface area contributed by atoms with Gasteiger partial charge >= 0.3 is 0 Å². The Labute approximate surface area is 158 Å². The van der Waals surface area contributed by atoms with E-state index in [1.54, 1.807) is 12.5 Å². The fraction of sp³-hybridized carbons (Fsp3) is 0.444. The molecule has 0 saturated carbocycles. The highest BCUT2D eigenvalue weighted by Crippen LogP contribution is 2.24. The maximum Gasteiger partial charge on any atom is 0.243 e. The summed E-state index contributed by atoms with van der Waals surface area (Å²) in [4.78, 5) is 16.6. The highest BCUT2D eigenvalue weighted by molar-refractivity contribution is 7.89. The molecule has 0 spiro atoms. The van der Waals surface area contributed by atoms with E-state index in [0.29, 0.717) is 25.9 Å². The summed E-state index contributed by atoms with van der Waals surface area (Å²) in [6.45, 7) is 2.97. The Morgan fingerprint density at radius 1 is 1.37 bits per heavy atom. The number of sulfonamides is 1. The predicted octanol–water partition coefficient (Wildman–Crippen LogP) is 1.63. The molecule has 9 heteroatoms. The highest BCUT2D eigenvalue weighted by Gasteiger charge is 2.33. The minimum absolute atomic E-state index is 0.0402. The Morgan fingerprint density at radius 2 is 2.11 bits per heavy atom. The average Bonchev–Trinajstić information content (AvgIpc) is 3.15. The van der Waals surface area contributed by atoms with Crippen molar-refractivity contribution in [3.05, 3.63) is 48.8 Å². The molecule has 1 saturated heterocycles. The Morgan fingerprint density at radius 3 is 2.78 bits per heavy atom. The van der Waals surface area contributed by atoms with Gasteiger partial charge in [0.2, 0.25) is 15.9 Å². The molecule has 1 aromatic carbocycles. The van der Waals surface area contributed by atoms with Crippen molar-refractivity contribution in [3.63, 3.8) is 0 Å². The minimum atomic E-state index is -3.74. The molecular formula is C18H23FN4O3S. The zero-order chi connectivity index (χ0) is 19.4. The number of halogens is 1. The standard InChI is InChI=1S/C18H23FN4O3S/c1-14(11-22-10-8-20-13-22)21-18(24)15-3-2-9-23(12-15)27(25,26)17-6-4-16(19)5-7-17/h4-8,10,13-15H,2-3,9,11-12H2,1H3,(H,21,24)/t14-,15-/m1/s1. The van der Waals surface area contributed by atoms with E-state index in [4.69, 9.17) is 0 Å². The Kier molecular flexibility index (Phi) is 5.91. The number of hydrogen-bond acceptors (Lipinski definition) is 4. The van der Waals surface area contributed by atoms with Crippen molar-refractivity contribution in [2.45, 2.75) is 37.2 Å². The van der Waals surface area contributed by atoms with Gasteiger partial charge in [0.05, 0.1) is 17.1 Å². The van der Waals surface area contributed by atoms with E-state index in [2.05, 4.69) is 10.3 Å². The second-order valence-electron chi connectivity index (χ2n) is 6.83. The molecule has 2 atom stereocenters. The molecule has 1 amide bonds.